The van der Waals surface area contributed by atoms with E-state index in [0.29, 0.717) is 29.4 Å². The lowest BCUT2D eigenvalue weighted by Gasteiger charge is -2.12. The van der Waals surface area contributed by atoms with Gasteiger partial charge in [0, 0.05) is 11.7 Å². The van der Waals surface area contributed by atoms with E-state index >= 15 is 0 Å². The van der Waals surface area contributed by atoms with Gasteiger partial charge in [-0.3, -0.25) is 14.4 Å². The van der Waals surface area contributed by atoms with Crippen molar-refractivity contribution in [3.05, 3.63) is 54.1 Å². The lowest BCUT2D eigenvalue weighted by Crippen LogP contribution is -2.38. The number of para-hydroxylation sites is 1. The molecule has 9 nitrogen and oxygen atoms in total. The number of ether oxygens (including phenoxy) is 2. The van der Waals surface area contributed by atoms with Crippen molar-refractivity contribution in [1.82, 2.24) is 10.7 Å². The molecule has 31 heavy (non-hydrogen) atoms. The van der Waals surface area contributed by atoms with Crippen LogP contribution in [0.4, 0.5) is 5.69 Å². The van der Waals surface area contributed by atoms with Gasteiger partial charge in [0.1, 0.15) is 0 Å². The zero-order chi connectivity index (χ0) is 22.1. The SMILES string of the molecule is CCOc1cc(/C=N\NC(=O)C(=O)NC2CC2)ccc1OCC(=O)Nc1ccccc1. The fraction of sp³-hybridized carbons (Fsp3) is 0.273. The Labute approximate surface area is 179 Å². The number of nitrogens with zero attached hydrogens (tertiary/aromatic N) is 1. The predicted octanol–water partition coefficient (Wildman–Crippen LogP) is 1.83. The third kappa shape index (κ3) is 7.14. The van der Waals surface area contributed by atoms with Crippen molar-refractivity contribution < 1.29 is 23.9 Å². The molecule has 2 aromatic rings. The lowest BCUT2D eigenvalue weighted by atomic mass is 10.2. The van der Waals surface area contributed by atoms with Crippen molar-refractivity contribution in [1.29, 1.82) is 0 Å². The van der Waals surface area contributed by atoms with Crippen molar-refractivity contribution in [3.63, 3.8) is 0 Å². The summed E-state index contributed by atoms with van der Waals surface area (Å²) in [6.45, 7) is 2.03. The van der Waals surface area contributed by atoms with Crippen LogP contribution in [0, 0.1) is 0 Å². The van der Waals surface area contributed by atoms with Crippen LogP contribution in [0.3, 0.4) is 0 Å². The first kappa shape index (κ1) is 21.8. The molecular weight excluding hydrogens is 400 g/mol. The number of nitrogens with one attached hydrogen (secondary N) is 3. The van der Waals surface area contributed by atoms with E-state index in [0.717, 1.165) is 12.8 Å². The van der Waals surface area contributed by atoms with Crippen LogP contribution in [0.1, 0.15) is 25.3 Å². The number of hydrogen-bond acceptors (Lipinski definition) is 6. The Balaban J connectivity index is 1.54. The van der Waals surface area contributed by atoms with Crippen LogP contribution in [0.2, 0.25) is 0 Å². The first-order chi connectivity index (χ1) is 15.0. The molecule has 0 aliphatic heterocycles. The van der Waals surface area contributed by atoms with E-state index in [1.807, 2.05) is 25.1 Å². The smallest absolute Gasteiger partial charge is 0.329 e. The third-order valence-electron chi connectivity index (χ3n) is 4.18. The summed E-state index contributed by atoms with van der Waals surface area (Å²) in [5.41, 5.74) is 3.49. The molecule has 0 atom stereocenters. The number of anilines is 1. The molecule has 1 aliphatic rings. The fourth-order valence-electron chi connectivity index (χ4n) is 2.55. The van der Waals surface area contributed by atoms with Crippen LogP contribution in [-0.4, -0.2) is 43.2 Å². The molecule has 3 amide bonds. The zero-order valence-corrected chi connectivity index (χ0v) is 17.1. The maximum absolute atomic E-state index is 12.1. The normalized spacial score (nSPS) is 12.8. The van der Waals surface area contributed by atoms with E-state index in [-0.39, 0.29) is 18.6 Å². The molecule has 1 fully saturated rings. The van der Waals surface area contributed by atoms with Gasteiger partial charge in [0.2, 0.25) is 0 Å². The molecule has 0 bridgehead atoms. The van der Waals surface area contributed by atoms with Crippen LogP contribution >= 0.6 is 0 Å². The minimum atomic E-state index is -0.822. The van der Waals surface area contributed by atoms with E-state index in [1.165, 1.54) is 6.21 Å². The van der Waals surface area contributed by atoms with Crippen molar-refractivity contribution in [2.75, 3.05) is 18.5 Å². The molecule has 0 heterocycles. The van der Waals surface area contributed by atoms with E-state index in [2.05, 4.69) is 21.2 Å². The monoisotopic (exact) mass is 424 g/mol. The Bertz CT molecular complexity index is 958. The maximum Gasteiger partial charge on any atom is 0.329 e. The van der Waals surface area contributed by atoms with Gasteiger partial charge in [-0.25, -0.2) is 5.43 Å². The molecule has 2 aromatic carbocycles. The summed E-state index contributed by atoms with van der Waals surface area (Å²) in [4.78, 5) is 35.4. The number of carbonyl (C=O) groups excluding carboxylic acids is 3. The van der Waals surface area contributed by atoms with E-state index in [4.69, 9.17) is 9.47 Å². The van der Waals surface area contributed by atoms with Gasteiger partial charge >= 0.3 is 11.8 Å². The number of rotatable bonds is 9. The minimum absolute atomic E-state index is 0.0956. The van der Waals surface area contributed by atoms with Crippen LogP contribution in [-0.2, 0) is 14.4 Å². The van der Waals surface area contributed by atoms with Crippen molar-refractivity contribution in [2.45, 2.75) is 25.8 Å². The van der Waals surface area contributed by atoms with Gasteiger partial charge in [0.15, 0.2) is 18.1 Å². The quantitative estimate of drug-likeness (QED) is 0.322. The van der Waals surface area contributed by atoms with Crippen molar-refractivity contribution in [2.24, 2.45) is 5.10 Å². The summed E-state index contributed by atoms with van der Waals surface area (Å²) in [5.74, 6) is -0.997. The number of amides is 3. The highest BCUT2D eigenvalue weighted by atomic mass is 16.5. The molecular formula is C22H24N4O5. The fourth-order valence-corrected chi connectivity index (χ4v) is 2.55. The van der Waals surface area contributed by atoms with Crippen molar-refractivity contribution in [3.8, 4) is 11.5 Å². The Morgan fingerprint density at radius 3 is 2.52 bits per heavy atom. The largest absolute Gasteiger partial charge is 0.490 e. The van der Waals surface area contributed by atoms with Crippen LogP contribution < -0.4 is 25.5 Å². The lowest BCUT2D eigenvalue weighted by molar-refractivity contribution is -0.139. The molecule has 162 valence electrons. The molecule has 0 radical (unpaired) electrons. The van der Waals surface area contributed by atoms with Crippen LogP contribution in [0.25, 0.3) is 0 Å². The summed E-state index contributed by atoms with van der Waals surface area (Å²) in [6, 6.07) is 14.2. The Morgan fingerprint density at radius 2 is 1.81 bits per heavy atom. The highest BCUT2D eigenvalue weighted by molar-refractivity contribution is 6.35. The molecule has 0 aromatic heterocycles. The molecule has 1 aliphatic carbocycles. The van der Waals surface area contributed by atoms with Gasteiger partial charge < -0.3 is 20.1 Å². The molecule has 1 saturated carbocycles. The van der Waals surface area contributed by atoms with Crippen LogP contribution in [0.15, 0.2) is 53.6 Å². The zero-order valence-electron chi connectivity index (χ0n) is 17.1. The van der Waals surface area contributed by atoms with Gasteiger partial charge in [-0.15, -0.1) is 0 Å². The van der Waals surface area contributed by atoms with Crippen LogP contribution in [0.5, 0.6) is 11.5 Å². The first-order valence-electron chi connectivity index (χ1n) is 9.93. The second-order valence-electron chi connectivity index (χ2n) is 6.79. The average Bonchev–Trinajstić information content (AvgIpc) is 3.58. The summed E-state index contributed by atoms with van der Waals surface area (Å²) in [6.07, 6.45) is 3.17. The predicted molar refractivity (Wildman–Crippen MR) is 115 cm³/mol. The number of benzene rings is 2. The van der Waals surface area contributed by atoms with Gasteiger partial charge in [-0.1, -0.05) is 18.2 Å². The molecule has 9 heteroatoms. The minimum Gasteiger partial charge on any atom is -0.490 e. The standard InChI is InChI=1S/C22H24N4O5/c1-2-30-19-12-15(13-23-26-22(29)21(28)25-17-9-10-17)8-11-18(19)31-14-20(27)24-16-6-4-3-5-7-16/h3-8,11-13,17H,2,9-10,14H2,1H3,(H,24,27)(H,25,28)(H,26,29)/b23-13-. The number of hydrazone groups is 1. The van der Waals surface area contributed by atoms with Gasteiger partial charge in [0.25, 0.3) is 5.91 Å². The van der Waals surface area contributed by atoms with Crippen molar-refractivity contribution >= 4 is 29.6 Å². The Morgan fingerprint density at radius 1 is 1.03 bits per heavy atom. The summed E-state index contributed by atoms with van der Waals surface area (Å²) >= 11 is 0. The first-order valence-corrected chi connectivity index (χ1v) is 9.93. The summed E-state index contributed by atoms with van der Waals surface area (Å²) < 4.78 is 11.2. The molecule has 0 unspecified atom stereocenters. The molecule has 3 rings (SSSR count). The maximum atomic E-state index is 12.1. The highest BCUT2D eigenvalue weighted by Crippen LogP contribution is 2.28. The second kappa shape index (κ2) is 10.8. The second-order valence-corrected chi connectivity index (χ2v) is 6.79. The number of hydrogen-bond donors (Lipinski definition) is 3. The Hall–Kier alpha value is -3.88. The molecule has 0 spiro atoms. The number of carbonyl (C=O) groups is 3. The van der Waals surface area contributed by atoms with Gasteiger partial charge in [-0.05, 0) is 55.7 Å². The van der Waals surface area contributed by atoms with Gasteiger partial charge in [-0.2, -0.15) is 5.10 Å². The highest BCUT2D eigenvalue weighted by Gasteiger charge is 2.26. The molecule has 3 N–H and O–H groups in total. The van der Waals surface area contributed by atoms with E-state index < -0.39 is 11.8 Å². The van der Waals surface area contributed by atoms with Gasteiger partial charge in [0.05, 0.1) is 12.8 Å². The van der Waals surface area contributed by atoms with E-state index in [1.54, 1.807) is 30.3 Å². The third-order valence-corrected chi connectivity index (χ3v) is 4.18. The summed E-state index contributed by atoms with van der Waals surface area (Å²) in [7, 11) is 0. The van der Waals surface area contributed by atoms with E-state index in [9.17, 15) is 14.4 Å². The molecule has 0 saturated heterocycles. The topological polar surface area (TPSA) is 118 Å². The summed E-state index contributed by atoms with van der Waals surface area (Å²) in [5, 5.41) is 9.12. The Kier molecular flexibility index (Phi) is 7.58. The average molecular weight is 424 g/mol.